The first-order chi connectivity index (χ1) is 8.63. The van der Waals surface area contributed by atoms with E-state index in [0.29, 0.717) is 10.8 Å². The van der Waals surface area contributed by atoms with Gasteiger partial charge in [-0.15, -0.1) is 11.3 Å². The van der Waals surface area contributed by atoms with Crippen LogP contribution in [0, 0.1) is 6.92 Å². The molecule has 0 saturated carbocycles. The number of hydrogen-bond acceptors (Lipinski definition) is 4. The second kappa shape index (κ2) is 4.39. The van der Waals surface area contributed by atoms with Gasteiger partial charge in [0.05, 0.1) is 9.88 Å². The van der Waals surface area contributed by atoms with Gasteiger partial charge in [-0.1, -0.05) is 11.6 Å². The predicted molar refractivity (Wildman–Crippen MR) is 72.1 cm³/mol. The molecule has 18 heavy (non-hydrogen) atoms. The molecule has 0 bridgehead atoms. The zero-order chi connectivity index (χ0) is 12.7. The van der Waals surface area contributed by atoms with E-state index in [1.54, 1.807) is 24.4 Å². The van der Waals surface area contributed by atoms with Crippen LogP contribution in [-0.2, 0) is 0 Å². The van der Waals surface area contributed by atoms with Crippen LogP contribution in [0.15, 0.2) is 34.9 Å². The highest BCUT2D eigenvalue weighted by Crippen LogP contribution is 2.31. The van der Waals surface area contributed by atoms with Gasteiger partial charge < -0.3 is 9.52 Å². The van der Waals surface area contributed by atoms with Crippen molar-refractivity contribution in [3.05, 3.63) is 51.1 Å². The molecule has 92 valence electrons. The number of aryl methyl sites for hydroxylation is 1. The van der Waals surface area contributed by atoms with Crippen molar-refractivity contribution in [2.75, 3.05) is 0 Å². The minimum absolute atomic E-state index is 0.510. The summed E-state index contributed by atoms with van der Waals surface area (Å²) in [5.74, 6) is 0.510. The molecular weight excluding hydrogens is 270 g/mol. The van der Waals surface area contributed by atoms with Crippen LogP contribution < -0.4 is 0 Å². The minimum Gasteiger partial charge on any atom is -0.458 e. The summed E-state index contributed by atoms with van der Waals surface area (Å²) in [5.41, 5.74) is 0.717. The normalized spacial score (nSPS) is 13.1. The van der Waals surface area contributed by atoms with Crippen molar-refractivity contribution >= 4 is 33.9 Å². The van der Waals surface area contributed by atoms with Crippen LogP contribution in [0.4, 0.5) is 0 Å². The number of nitrogens with zero attached hydrogens (tertiary/aromatic N) is 1. The highest BCUT2D eigenvalue weighted by Gasteiger charge is 2.17. The zero-order valence-electron chi connectivity index (χ0n) is 9.55. The van der Waals surface area contributed by atoms with Gasteiger partial charge in [0, 0.05) is 16.6 Å². The van der Waals surface area contributed by atoms with Gasteiger partial charge >= 0.3 is 0 Å². The summed E-state index contributed by atoms with van der Waals surface area (Å²) in [5, 5.41) is 12.7. The van der Waals surface area contributed by atoms with Crippen LogP contribution in [0.1, 0.15) is 21.7 Å². The number of aromatic nitrogens is 1. The summed E-state index contributed by atoms with van der Waals surface area (Å²) in [6.45, 7) is 1.90. The first kappa shape index (κ1) is 11.7. The molecule has 1 aromatic carbocycles. The van der Waals surface area contributed by atoms with Crippen molar-refractivity contribution in [2.24, 2.45) is 0 Å². The van der Waals surface area contributed by atoms with Gasteiger partial charge in [0.25, 0.3) is 0 Å². The van der Waals surface area contributed by atoms with Crippen LogP contribution in [-0.4, -0.2) is 10.1 Å². The second-order valence-electron chi connectivity index (χ2n) is 4.02. The van der Waals surface area contributed by atoms with Crippen molar-refractivity contribution < 1.29 is 9.52 Å². The Morgan fingerprint density at radius 2 is 2.22 bits per heavy atom. The van der Waals surface area contributed by atoms with E-state index in [9.17, 15) is 5.11 Å². The topological polar surface area (TPSA) is 46.3 Å². The molecule has 0 saturated heterocycles. The lowest BCUT2D eigenvalue weighted by atomic mass is 10.2. The number of halogens is 1. The lowest BCUT2D eigenvalue weighted by Gasteiger charge is -2.02. The minimum atomic E-state index is -0.776. The third-order valence-corrected chi connectivity index (χ3v) is 3.88. The van der Waals surface area contributed by atoms with Crippen molar-refractivity contribution in [3.8, 4) is 0 Å². The molecule has 3 aromatic rings. The van der Waals surface area contributed by atoms with E-state index < -0.39 is 6.10 Å². The van der Waals surface area contributed by atoms with E-state index in [-0.39, 0.29) is 0 Å². The Morgan fingerprint density at radius 1 is 1.39 bits per heavy atom. The van der Waals surface area contributed by atoms with Crippen LogP contribution in [0.25, 0.3) is 11.0 Å². The van der Waals surface area contributed by atoms with Crippen LogP contribution >= 0.6 is 22.9 Å². The van der Waals surface area contributed by atoms with E-state index in [1.807, 2.05) is 13.0 Å². The van der Waals surface area contributed by atoms with E-state index in [2.05, 4.69) is 4.98 Å². The smallest absolute Gasteiger partial charge is 0.147 e. The number of hydrogen-bond donors (Lipinski definition) is 1. The molecule has 2 heterocycles. The Morgan fingerprint density at radius 3 is 2.94 bits per heavy atom. The van der Waals surface area contributed by atoms with E-state index in [1.165, 1.54) is 11.3 Å². The summed E-state index contributed by atoms with van der Waals surface area (Å²) >= 11 is 7.37. The van der Waals surface area contributed by atoms with Gasteiger partial charge in [-0.05, 0) is 31.2 Å². The Kier molecular flexibility index (Phi) is 2.86. The standard InChI is InChI=1S/C13H10ClNO2S/c1-7-15-6-12(18-7)13(16)11-5-8-4-9(14)2-3-10(8)17-11/h2-6,13,16H,1H3. The molecule has 0 aliphatic carbocycles. The third-order valence-electron chi connectivity index (χ3n) is 2.68. The highest BCUT2D eigenvalue weighted by atomic mass is 35.5. The van der Waals surface area contributed by atoms with Gasteiger partial charge in [-0.3, -0.25) is 0 Å². The van der Waals surface area contributed by atoms with Crippen molar-refractivity contribution in [3.63, 3.8) is 0 Å². The van der Waals surface area contributed by atoms with Crippen LogP contribution in [0.2, 0.25) is 5.02 Å². The highest BCUT2D eigenvalue weighted by molar-refractivity contribution is 7.11. The number of thiazole rings is 1. The maximum Gasteiger partial charge on any atom is 0.147 e. The number of furan rings is 1. The lowest BCUT2D eigenvalue weighted by Crippen LogP contribution is -1.94. The molecule has 0 radical (unpaired) electrons. The fourth-order valence-corrected chi connectivity index (χ4v) is 2.77. The molecule has 0 spiro atoms. The molecule has 0 aliphatic rings. The zero-order valence-corrected chi connectivity index (χ0v) is 11.1. The second-order valence-corrected chi connectivity index (χ2v) is 5.72. The van der Waals surface area contributed by atoms with Crippen molar-refractivity contribution in [1.29, 1.82) is 0 Å². The maximum atomic E-state index is 10.2. The number of benzene rings is 1. The summed E-state index contributed by atoms with van der Waals surface area (Å²) in [6.07, 6.45) is 0.896. The molecule has 3 nitrogen and oxygen atoms in total. The largest absolute Gasteiger partial charge is 0.458 e. The molecule has 3 rings (SSSR count). The fourth-order valence-electron chi connectivity index (χ4n) is 1.81. The summed E-state index contributed by atoms with van der Waals surface area (Å²) in [7, 11) is 0. The van der Waals surface area contributed by atoms with E-state index in [0.717, 1.165) is 20.9 Å². The van der Waals surface area contributed by atoms with E-state index in [4.69, 9.17) is 16.0 Å². The molecule has 1 unspecified atom stereocenters. The van der Waals surface area contributed by atoms with Crippen molar-refractivity contribution in [2.45, 2.75) is 13.0 Å². The molecule has 1 atom stereocenters. The first-order valence-electron chi connectivity index (χ1n) is 5.43. The Bertz CT molecular complexity index is 704. The molecular formula is C13H10ClNO2S. The maximum absolute atomic E-state index is 10.2. The Balaban J connectivity index is 2.03. The van der Waals surface area contributed by atoms with Gasteiger partial charge in [-0.25, -0.2) is 4.98 Å². The fraction of sp³-hybridized carbons (Fsp3) is 0.154. The molecule has 2 aromatic heterocycles. The lowest BCUT2D eigenvalue weighted by molar-refractivity contribution is 0.195. The predicted octanol–water partition coefficient (Wildman–Crippen LogP) is 3.93. The Hall–Kier alpha value is -1.36. The summed E-state index contributed by atoms with van der Waals surface area (Å²) in [6, 6.07) is 7.18. The molecule has 0 amide bonds. The molecule has 0 aliphatic heterocycles. The average molecular weight is 280 g/mol. The number of aliphatic hydroxyl groups excluding tert-OH is 1. The molecule has 0 fully saturated rings. The van der Waals surface area contributed by atoms with Gasteiger partial charge in [0.2, 0.25) is 0 Å². The summed E-state index contributed by atoms with van der Waals surface area (Å²) in [4.78, 5) is 4.90. The van der Waals surface area contributed by atoms with Gasteiger partial charge in [-0.2, -0.15) is 0 Å². The number of rotatable bonds is 2. The van der Waals surface area contributed by atoms with Crippen LogP contribution in [0.3, 0.4) is 0 Å². The molecule has 1 N–H and O–H groups in total. The van der Waals surface area contributed by atoms with Crippen LogP contribution in [0.5, 0.6) is 0 Å². The van der Waals surface area contributed by atoms with E-state index >= 15 is 0 Å². The first-order valence-corrected chi connectivity index (χ1v) is 6.62. The average Bonchev–Trinajstić information content (AvgIpc) is 2.93. The van der Waals surface area contributed by atoms with Crippen molar-refractivity contribution in [1.82, 2.24) is 4.98 Å². The SMILES string of the molecule is Cc1ncc(C(O)c2cc3cc(Cl)ccc3o2)s1. The molecule has 5 heteroatoms. The monoisotopic (exact) mass is 279 g/mol. The Labute approximate surface area is 113 Å². The number of aliphatic hydroxyl groups is 1. The quantitative estimate of drug-likeness (QED) is 0.773. The summed E-state index contributed by atoms with van der Waals surface area (Å²) < 4.78 is 5.62. The third kappa shape index (κ3) is 2.03. The van der Waals surface area contributed by atoms with Gasteiger partial charge in [0.15, 0.2) is 0 Å². The number of fused-ring (bicyclic) bond motifs is 1. The van der Waals surface area contributed by atoms with Gasteiger partial charge in [0.1, 0.15) is 17.4 Å².